The van der Waals surface area contributed by atoms with Crippen molar-refractivity contribution in [3.63, 3.8) is 0 Å². The summed E-state index contributed by atoms with van der Waals surface area (Å²) in [6.45, 7) is 2.00. The maximum absolute atomic E-state index is 13.0. The molecule has 110 valence electrons. The van der Waals surface area contributed by atoms with Crippen molar-refractivity contribution in [2.75, 3.05) is 12.3 Å². The zero-order chi connectivity index (χ0) is 15.4. The topological polar surface area (TPSA) is 61.5 Å². The number of rotatable bonds is 4. The van der Waals surface area contributed by atoms with Gasteiger partial charge in [0, 0.05) is 0 Å². The van der Waals surface area contributed by atoms with E-state index in [1.807, 2.05) is 0 Å². The van der Waals surface area contributed by atoms with E-state index in [-0.39, 0.29) is 23.1 Å². The van der Waals surface area contributed by atoms with Crippen LogP contribution >= 0.6 is 11.6 Å². The maximum atomic E-state index is 13.0. The molecular formula is C15H13ClFNO3. The van der Waals surface area contributed by atoms with E-state index in [0.717, 1.165) is 6.07 Å². The van der Waals surface area contributed by atoms with E-state index in [1.54, 1.807) is 6.92 Å². The molecule has 2 N–H and O–H groups in total. The monoisotopic (exact) mass is 309 g/mol. The number of nitrogens with two attached hydrogens (primary N) is 1. The summed E-state index contributed by atoms with van der Waals surface area (Å²) in [7, 11) is 0. The van der Waals surface area contributed by atoms with E-state index < -0.39 is 11.8 Å². The van der Waals surface area contributed by atoms with Gasteiger partial charge in [0.05, 0.1) is 22.9 Å². The second-order valence-corrected chi connectivity index (χ2v) is 4.56. The van der Waals surface area contributed by atoms with Crippen LogP contribution in [0.15, 0.2) is 36.4 Å². The van der Waals surface area contributed by atoms with Gasteiger partial charge in [0.25, 0.3) is 0 Å². The number of carbonyl (C=O) groups is 1. The fourth-order valence-electron chi connectivity index (χ4n) is 1.66. The first-order valence-electron chi connectivity index (χ1n) is 6.20. The van der Waals surface area contributed by atoms with Crippen LogP contribution in [0, 0.1) is 5.82 Å². The average Bonchev–Trinajstić information content (AvgIpc) is 2.44. The smallest absolute Gasteiger partial charge is 0.338 e. The fraction of sp³-hybridized carbons (Fsp3) is 0.133. The van der Waals surface area contributed by atoms with Crippen molar-refractivity contribution in [2.24, 2.45) is 0 Å². The Kier molecular flexibility index (Phi) is 4.65. The molecule has 2 aromatic rings. The van der Waals surface area contributed by atoms with Crippen molar-refractivity contribution in [2.45, 2.75) is 6.92 Å². The molecule has 0 fully saturated rings. The maximum Gasteiger partial charge on any atom is 0.338 e. The Morgan fingerprint density at radius 2 is 1.95 bits per heavy atom. The van der Waals surface area contributed by atoms with Crippen LogP contribution in [0.2, 0.25) is 5.02 Å². The molecular weight excluding hydrogens is 297 g/mol. The van der Waals surface area contributed by atoms with Gasteiger partial charge in [-0.15, -0.1) is 0 Å². The van der Waals surface area contributed by atoms with Crippen LogP contribution in [0.5, 0.6) is 11.5 Å². The van der Waals surface area contributed by atoms with Gasteiger partial charge in [-0.25, -0.2) is 9.18 Å². The molecule has 0 saturated carbocycles. The first kappa shape index (κ1) is 15.1. The predicted octanol–water partition coefficient (Wildman–Crippen LogP) is 4.03. The van der Waals surface area contributed by atoms with Crippen molar-refractivity contribution in [1.82, 2.24) is 0 Å². The van der Waals surface area contributed by atoms with Gasteiger partial charge in [-0.3, -0.25) is 0 Å². The molecule has 0 radical (unpaired) electrons. The summed E-state index contributed by atoms with van der Waals surface area (Å²) in [6, 6.07) is 8.27. The van der Waals surface area contributed by atoms with Crippen molar-refractivity contribution in [1.29, 1.82) is 0 Å². The molecule has 0 unspecified atom stereocenters. The Morgan fingerprint density at radius 1 is 1.24 bits per heavy atom. The number of hydrogen-bond donors (Lipinski definition) is 1. The second-order valence-electron chi connectivity index (χ2n) is 4.15. The zero-order valence-electron chi connectivity index (χ0n) is 11.2. The van der Waals surface area contributed by atoms with Crippen LogP contribution in [0.4, 0.5) is 10.1 Å². The molecule has 0 atom stereocenters. The summed E-state index contributed by atoms with van der Waals surface area (Å²) in [5.74, 6) is -0.334. The lowest BCUT2D eigenvalue weighted by molar-refractivity contribution is 0.0526. The van der Waals surface area contributed by atoms with E-state index >= 15 is 0 Å². The number of anilines is 1. The minimum Gasteiger partial charge on any atom is -0.462 e. The molecule has 2 aromatic carbocycles. The molecule has 0 aliphatic rings. The normalized spacial score (nSPS) is 10.2. The van der Waals surface area contributed by atoms with Crippen molar-refractivity contribution in [3.05, 3.63) is 52.8 Å². The van der Waals surface area contributed by atoms with E-state index in [4.69, 9.17) is 26.8 Å². The number of halogens is 2. The lowest BCUT2D eigenvalue weighted by Crippen LogP contribution is -2.05. The largest absolute Gasteiger partial charge is 0.462 e. The number of nitrogen functional groups attached to an aromatic ring is 1. The van der Waals surface area contributed by atoms with Gasteiger partial charge >= 0.3 is 5.97 Å². The number of ether oxygens (including phenoxy) is 2. The van der Waals surface area contributed by atoms with Gasteiger partial charge in [-0.1, -0.05) is 11.6 Å². The highest BCUT2D eigenvalue weighted by atomic mass is 35.5. The minimum absolute atomic E-state index is 0.129. The highest BCUT2D eigenvalue weighted by molar-refractivity contribution is 6.32. The Hall–Kier alpha value is -2.27. The molecule has 0 saturated heterocycles. The van der Waals surface area contributed by atoms with Crippen LogP contribution in [0.1, 0.15) is 17.3 Å². The Balaban J connectivity index is 2.23. The molecule has 0 aliphatic heterocycles. The molecule has 4 nitrogen and oxygen atoms in total. The quantitative estimate of drug-likeness (QED) is 0.684. The van der Waals surface area contributed by atoms with Crippen LogP contribution in [0.25, 0.3) is 0 Å². The lowest BCUT2D eigenvalue weighted by Gasteiger charge is -2.11. The molecule has 0 aliphatic carbocycles. The summed E-state index contributed by atoms with van der Waals surface area (Å²) in [4.78, 5) is 11.6. The van der Waals surface area contributed by atoms with Crippen molar-refractivity contribution >= 4 is 23.3 Å². The van der Waals surface area contributed by atoms with Gasteiger partial charge in [0.15, 0.2) is 0 Å². The van der Waals surface area contributed by atoms with Crippen LogP contribution in [0.3, 0.4) is 0 Å². The molecule has 6 heteroatoms. The fourth-order valence-corrected chi connectivity index (χ4v) is 1.87. The van der Waals surface area contributed by atoms with Gasteiger partial charge in [-0.2, -0.15) is 0 Å². The second kappa shape index (κ2) is 6.45. The molecule has 0 heterocycles. The van der Waals surface area contributed by atoms with Gasteiger partial charge < -0.3 is 15.2 Å². The highest BCUT2D eigenvalue weighted by Gasteiger charge is 2.11. The molecule has 0 spiro atoms. The minimum atomic E-state index is -0.462. The van der Waals surface area contributed by atoms with E-state index in [1.165, 1.54) is 30.3 Å². The molecule has 2 rings (SSSR count). The van der Waals surface area contributed by atoms with Crippen LogP contribution in [-0.2, 0) is 4.74 Å². The summed E-state index contributed by atoms with van der Waals surface area (Å²) in [5, 5.41) is 0.129. The SMILES string of the molecule is CCOC(=O)c1ccc(Oc2ccc(F)cc2Cl)c(N)c1. The summed E-state index contributed by atoms with van der Waals surface area (Å²) in [6.07, 6.45) is 0. The Bertz CT molecular complexity index is 676. The van der Waals surface area contributed by atoms with E-state index in [0.29, 0.717) is 11.3 Å². The number of benzene rings is 2. The number of hydrogen-bond acceptors (Lipinski definition) is 4. The van der Waals surface area contributed by atoms with Crippen molar-refractivity contribution < 1.29 is 18.7 Å². The zero-order valence-corrected chi connectivity index (χ0v) is 12.0. The summed E-state index contributed by atoms with van der Waals surface area (Å²) in [5.41, 5.74) is 6.41. The molecule has 0 amide bonds. The summed E-state index contributed by atoms with van der Waals surface area (Å²) < 4.78 is 23.4. The summed E-state index contributed by atoms with van der Waals surface area (Å²) >= 11 is 5.87. The molecule has 0 bridgehead atoms. The van der Waals surface area contributed by atoms with E-state index in [2.05, 4.69) is 0 Å². The number of carbonyl (C=O) groups excluding carboxylic acids is 1. The first-order valence-corrected chi connectivity index (χ1v) is 6.58. The molecule has 21 heavy (non-hydrogen) atoms. The molecule has 0 aromatic heterocycles. The third-order valence-electron chi connectivity index (χ3n) is 2.63. The average molecular weight is 310 g/mol. The van der Waals surface area contributed by atoms with Crippen LogP contribution < -0.4 is 10.5 Å². The number of esters is 1. The Morgan fingerprint density at radius 3 is 2.57 bits per heavy atom. The first-order chi connectivity index (χ1) is 10.0. The third-order valence-corrected chi connectivity index (χ3v) is 2.93. The van der Waals surface area contributed by atoms with E-state index in [9.17, 15) is 9.18 Å². The van der Waals surface area contributed by atoms with Crippen molar-refractivity contribution in [3.8, 4) is 11.5 Å². The Labute approximate surface area is 126 Å². The highest BCUT2D eigenvalue weighted by Crippen LogP contribution is 2.33. The van der Waals surface area contributed by atoms with Gasteiger partial charge in [0.1, 0.15) is 17.3 Å². The lowest BCUT2D eigenvalue weighted by atomic mass is 10.2. The van der Waals surface area contributed by atoms with Gasteiger partial charge in [-0.05, 0) is 43.3 Å². The van der Waals surface area contributed by atoms with Crippen LogP contribution in [-0.4, -0.2) is 12.6 Å². The standard InChI is InChI=1S/C15H13ClFNO3/c1-2-20-15(19)9-3-5-14(12(18)7-9)21-13-6-4-10(17)8-11(13)16/h3-8H,2,18H2,1H3. The van der Waals surface area contributed by atoms with Gasteiger partial charge in [0.2, 0.25) is 0 Å². The third kappa shape index (κ3) is 3.64. The predicted molar refractivity (Wildman–Crippen MR) is 78.3 cm³/mol.